The van der Waals surface area contributed by atoms with Crippen LogP contribution in [0.4, 0.5) is 0 Å². The molecule has 19 heavy (non-hydrogen) atoms. The van der Waals surface area contributed by atoms with Crippen molar-refractivity contribution in [1.82, 2.24) is 0 Å². The Balaban J connectivity index is 2.75. The highest BCUT2D eigenvalue weighted by Crippen LogP contribution is 2.46. The number of methoxy groups -OCH3 is 2. The van der Waals surface area contributed by atoms with Gasteiger partial charge in [-0.1, -0.05) is 22.9 Å². The second kappa shape index (κ2) is 5.23. The van der Waals surface area contributed by atoms with Crippen LogP contribution in [-0.2, 0) is 14.9 Å². The third-order valence-electron chi connectivity index (χ3n) is 4.54. The van der Waals surface area contributed by atoms with E-state index in [9.17, 15) is 0 Å². The van der Waals surface area contributed by atoms with Crippen LogP contribution in [0.25, 0.3) is 5.57 Å². The number of rotatable bonds is 4. The molecule has 2 nitrogen and oxygen atoms in total. The summed E-state index contributed by atoms with van der Waals surface area (Å²) in [5.74, 6) is 0. The number of benzene rings is 1. The fourth-order valence-corrected chi connectivity index (χ4v) is 4.44. The molecule has 0 bridgehead atoms. The van der Waals surface area contributed by atoms with Crippen LogP contribution in [0.2, 0.25) is 0 Å². The van der Waals surface area contributed by atoms with Crippen molar-refractivity contribution >= 4 is 21.0 Å². The first kappa shape index (κ1) is 14.5. The van der Waals surface area contributed by atoms with Gasteiger partial charge in [-0.15, -0.1) is 0 Å². The van der Waals surface area contributed by atoms with Crippen LogP contribution >= 0.6 is 0 Å². The summed E-state index contributed by atoms with van der Waals surface area (Å²) in [6, 6.07) is 4.51. The van der Waals surface area contributed by atoms with Crippen molar-refractivity contribution < 1.29 is 9.47 Å². The summed E-state index contributed by atoms with van der Waals surface area (Å²) in [5.41, 5.74) is 6.96. The van der Waals surface area contributed by atoms with E-state index in [4.69, 9.17) is 9.47 Å². The average Bonchev–Trinajstić information content (AvgIpc) is 2.59. The molecule has 0 spiro atoms. The number of aryl methyl sites for hydroxylation is 1. The van der Waals surface area contributed by atoms with Gasteiger partial charge in [-0.05, 0) is 43.0 Å². The molecule has 0 aliphatic heterocycles. The molecule has 1 aliphatic rings. The Morgan fingerprint density at radius 3 is 2.16 bits per heavy atom. The second-order valence-electron chi connectivity index (χ2n) is 5.65. The van der Waals surface area contributed by atoms with Crippen LogP contribution in [0, 0.1) is 6.92 Å². The van der Waals surface area contributed by atoms with E-state index in [2.05, 4.69) is 32.9 Å². The fourth-order valence-electron chi connectivity index (χ4n) is 3.54. The molecule has 0 unspecified atom stereocenters. The minimum atomic E-state index is -0.0913. The molecule has 1 aromatic rings. The van der Waals surface area contributed by atoms with Crippen molar-refractivity contribution in [3.63, 3.8) is 0 Å². The van der Waals surface area contributed by atoms with Gasteiger partial charge in [0.25, 0.3) is 0 Å². The monoisotopic (exact) mass is 276 g/mol. The second-order valence-corrected chi connectivity index (χ2v) is 6.72. The highest BCUT2D eigenvalue weighted by molar-refractivity contribution is 6.34. The first-order chi connectivity index (χ1) is 8.99. The summed E-state index contributed by atoms with van der Waals surface area (Å²) < 4.78 is 11.1. The van der Waals surface area contributed by atoms with Gasteiger partial charge in [-0.2, -0.15) is 0 Å². The lowest BCUT2D eigenvalue weighted by Gasteiger charge is -2.33. The smallest absolute Gasteiger partial charge is 0.0636 e. The summed E-state index contributed by atoms with van der Waals surface area (Å²) in [6.45, 7) is 8.04. The normalized spacial score (nSPS) is 17.1. The molecule has 1 aromatic carbocycles. The summed E-state index contributed by atoms with van der Waals surface area (Å²) >= 11 is 0. The molecule has 0 aromatic heterocycles. The molecule has 0 saturated carbocycles. The van der Waals surface area contributed by atoms with Crippen LogP contribution in [0.5, 0.6) is 0 Å². The van der Waals surface area contributed by atoms with Gasteiger partial charge in [0.15, 0.2) is 0 Å². The Labute approximate surface area is 119 Å². The SMILES string of the molecule is COCC1(COC)C(C)=C(C)c2c(C)ccc([SiH3])c21. The van der Waals surface area contributed by atoms with E-state index in [-0.39, 0.29) is 5.41 Å². The van der Waals surface area contributed by atoms with E-state index >= 15 is 0 Å². The summed E-state index contributed by atoms with van der Waals surface area (Å²) in [5, 5.41) is 1.46. The third kappa shape index (κ3) is 2.00. The number of ether oxygens (including phenoxy) is 2. The zero-order valence-electron chi connectivity index (χ0n) is 12.9. The van der Waals surface area contributed by atoms with Crippen LogP contribution < -0.4 is 5.19 Å². The molecule has 0 atom stereocenters. The maximum Gasteiger partial charge on any atom is 0.0636 e. The fraction of sp³-hybridized carbons (Fsp3) is 0.500. The maximum atomic E-state index is 5.55. The topological polar surface area (TPSA) is 18.5 Å². The Morgan fingerprint density at radius 1 is 1.05 bits per heavy atom. The molecule has 0 N–H and O–H groups in total. The molecule has 2 rings (SSSR count). The van der Waals surface area contributed by atoms with E-state index in [1.54, 1.807) is 14.2 Å². The van der Waals surface area contributed by atoms with Gasteiger partial charge in [0, 0.05) is 24.5 Å². The molecular formula is C16H24O2Si. The van der Waals surface area contributed by atoms with Gasteiger partial charge in [0.2, 0.25) is 0 Å². The van der Waals surface area contributed by atoms with Gasteiger partial charge in [0.05, 0.1) is 18.6 Å². The number of hydrogen-bond donors (Lipinski definition) is 0. The first-order valence-corrected chi connectivity index (χ1v) is 7.76. The molecule has 3 heteroatoms. The molecule has 104 valence electrons. The van der Waals surface area contributed by atoms with Gasteiger partial charge in [0.1, 0.15) is 0 Å². The van der Waals surface area contributed by atoms with Crippen molar-refractivity contribution in [2.75, 3.05) is 27.4 Å². The molecule has 0 saturated heterocycles. The molecule has 0 radical (unpaired) electrons. The van der Waals surface area contributed by atoms with Crippen LogP contribution in [0.3, 0.4) is 0 Å². The number of hydrogen-bond acceptors (Lipinski definition) is 2. The Kier molecular flexibility index (Phi) is 3.99. The van der Waals surface area contributed by atoms with Gasteiger partial charge in [-0.3, -0.25) is 0 Å². The zero-order valence-corrected chi connectivity index (χ0v) is 14.9. The quantitative estimate of drug-likeness (QED) is 0.772. The van der Waals surface area contributed by atoms with Crippen LogP contribution in [-0.4, -0.2) is 37.7 Å². The van der Waals surface area contributed by atoms with Gasteiger partial charge >= 0.3 is 0 Å². The van der Waals surface area contributed by atoms with Crippen molar-refractivity contribution in [3.8, 4) is 0 Å². The predicted octanol–water partition coefficient (Wildman–Crippen LogP) is 1.32. The van der Waals surface area contributed by atoms with E-state index in [0.29, 0.717) is 13.2 Å². The lowest BCUT2D eigenvalue weighted by Crippen LogP contribution is -2.40. The average molecular weight is 276 g/mol. The Bertz CT molecular complexity index is 526. The van der Waals surface area contributed by atoms with Crippen LogP contribution in [0.15, 0.2) is 17.7 Å². The largest absolute Gasteiger partial charge is 0.383 e. The minimum absolute atomic E-state index is 0.0913. The van der Waals surface area contributed by atoms with E-state index in [1.807, 2.05) is 0 Å². The molecule has 0 heterocycles. The zero-order chi connectivity index (χ0) is 14.2. The lowest BCUT2D eigenvalue weighted by molar-refractivity contribution is 0.0795. The van der Waals surface area contributed by atoms with Crippen molar-refractivity contribution in [3.05, 3.63) is 34.4 Å². The molecule has 0 amide bonds. The Hall–Kier alpha value is -0.903. The molecule has 1 aliphatic carbocycles. The standard InChI is InChI=1S/C16H24O2Si/c1-10-6-7-13(19)15-14(10)11(2)12(3)16(15,8-17-4)9-18-5/h6-7H,8-9H2,1-5,19H3. The summed E-state index contributed by atoms with van der Waals surface area (Å²) in [7, 11) is 4.61. The van der Waals surface area contributed by atoms with E-state index < -0.39 is 0 Å². The summed E-state index contributed by atoms with van der Waals surface area (Å²) in [4.78, 5) is 0. The third-order valence-corrected chi connectivity index (χ3v) is 5.37. The first-order valence-electron chi connectivity index (χ1n) is 6.76. The number of allylic oxidation sites excluding steroid dienone is 1. The van der Waals surface area contributed by atoms with E-state index in [1.165, 1.54) is 33.0 Å². The minimum Gasteiger partial charge on any atom is -0.383 e. The lowest BCUT2D eigenvalue weighted by atomic mass is 9.78. The predicted molar refractivity (Wildman–Crippen MR) is 84.5 cm³/mol. The van der Waals surface area contributed by atoms with E-state index in [0.717, 1.165) is 10.2 Å². The summed E-state index contributed by atoms with van der Waals surface area (Å²) in [6.07, 6.45) is 0. The highest BCUT2D eigenvalue weighted by Gasteiger charge is 2.43. The molecule has 0 fully saturated rings. The van der Waals surface area contributed by atoms with Crippen molar-refractivity contribution in [1.29, 1.82) is 0 Å². The van der Waals surface area contributed by atoms with Crippen molar-refractivity contribution in [2.24, 2.45) is 0 Å². The maximum absolute atomic E-state index is 5.55. The van der Waals surface area contributed by atoms with Gasteiger partial charge < -0.3 is 9.47 Å². The highest BCUT2D eigenvalue weighted by atomic mass is 28.1. The molecular weight excluding hydrogens is 252 g/mol. The van der Waals surface area contributed by atoms with Crippen molar-refractivity contribution in [2.45, 2.75) is 26.2 Å². The van der Waals surface area contributed by atoms with Gasteiger partial charge in [-0.25, -0.2) is 0 Å². The Morgan fingerprint density at radius 2 is 1.63 bits per heavy atom. The van der Waals surface area contributed by atoms with Crippen LogP contribution in [0.1, 0.15) is 30.5 Å². The number of fused-ring (bicyclic) bond motifs is 1.